The van der Waals surface area contributed by atoms with Gasteiger partial charge in [0.25, 0.3) is 0 Å². The van der Waals surface area contributed by atoms with Crippen molar-refractivity contribution < 1.29 is 9.59 Å². The number of nitrogens with one attached hydrogen (secondary N) is 1. The SMILES string of the molecule is CSc1cccc(N2C[C@@H](C(=O)NCc3ccccc3Cn3cccn3)CC2=O)c1. The summed E-state index contributed by atoms with van der Waals surface area (Å²) in [6, 6.07) is 17.8. The lowest BCUT2D eigenvalue weighted by Crippen LogP contribution is -2.32. The van der Waals surface area contributed by atoms with Crippen LogP contribution in [0.1, 0.15) is 17.5 Å². The van der Waals surface area contributed by atoms with Crippen LogP contribution in [0.15, 0.2) is 71.9 Å². The van der Waals surface area contributed by atoms with Crippen LogP contribution in [0.25, 0.3) is 0 Å². The third kappa shape index (κ3) is 4.57. The zero-order valence-corrected chi connectivity index (χ0v) is 17.6. The van der Waals surface area contributed by atoms with Gasteiger partial charge >= 0.3 is 0 Å². The molecule has 2 amide bonds. The minimum absolute atomic E-state index is 0.00696. The molecule has 0 bridgehead atoms. The quantitative estimate of drug-likeness (QED) is 0.596. The molecular weight excluding hydrogens is 396 g/mol. The molecule has 2 heterocycles. The highest BCUT2D eigenvalue weighted by Gasteiger charge is 2.35. The first-order chi connectivity index (χ1) is 14.6. The Morgan fingerprint density at radius 2 is 2.00 bits per heavy atom. The van der Waals surface area contributed by atoms with Crippen molar-refractivity contribution in [2.45, 2.75) is 24.4 Å². The molecule has 1 aromatic heterocycles. The first-order valence-electron chi connectivity index (χ1n) is 9.90. The molecule has 0 unspecified atom stereocenters. The third-order valence-electron chi connectivity index (χ3n) is 5.32. The van der Waals surface area contributed by atoms with E-state index in [2.05, 4.69) is 10.4 Å². The molecule has 6 nitrogen and oxygen atoms in total. The predicted octanol–water partition coefficient (Wildman–Crippen LogP) is 3.32. The number of carbonyl (C=O) groups is 2. The lowest BCUT2D eigenvalue weighted by Gasteiger charge is -2.17. The van der Waals surface area contributed by atoms with E-state index < -0.39 is 0 Å². The standard InChI is InChI=1S/C23H24N4O2S/c1-30-21-9-4-8-20(13-21)27-16-19(12-22(27)28)23(29)24-14-17-6-2-3-7-18(17)15-26-11-5-10-25-26/h2-11,13,19H,12,14-16H2,1H3,(H,24,29)/t19-/m0/s1. The normalized spacial score (nSPS) is 16.1. The van der Waals surface area contributed by atoms with Crippen LogP contribution in [0.2, 0.25) is 0 Å². The van der Waals surface area contributed by atoms with E-state index >= 15 is 0 Å². The fraction of sp³-hybridized carbons (Fsp3) is 0.261. The van der Waals surface area contributed by atoms with Crippen LogP contribution in [0.3, 0.4) is 0 Å². The van der Waals surface area contributed by atoms with Gasteiger partial charge in [-0.15, -0.1) is 11.8 Å². The summed E-state index contributed by atoms with van der Waals surface area (Å²) in [6.45, 7) is 1.50. The van der Waals surface area contributed by atoms with Crippen molar-refractivity contribution in [1.29, 1.82) is 0 Å². The maximum atomic E-state index is 12.8. The molecule has 2 aromatic carbocycles. The number of nitrogens with zero attached hydrogens (tertiary/aromatic N) is 3. The van der Waals surface area contributed by atoms with Gasteiger partial charge in [-0.05, 0) is 41.6 Å². The maximum Gasteiger partial charge on any atom is 0.227 e. The number of thioether (sulfide) groups is 1. The first kappa shape index (κ1) is 20.2. The molecule has 30 heavy (non-hydrogen) atoms. The van der Waals surface area contributed by atoms with Gasteiger partial charge in [0, 0.05) is 42.5 Å². The Morgan fingerprint density at radius 3 is 2.77 bits per heavy atom. The van der Waals surface area contributed by atoms with Gasteiger partial charge in [0.05, 0.1) is 12.5 Å². The highest BCUT2D eigenvalue weighted by molar-refractivity contribution is 7.98. The highest BCUT2D eigenvalue weighted by atomic mass is 32.2. The number of hydrogen-bond acceptors (Lipinski definition) is 4. The van der Waals surface area contributed by atoms with Gasteiger partial charge in [0.15, 0.2) is 0 Å². The van der Waals surface area contributed by atoms with Crippen LogP contribution in [0, 0.1) is 5.92 Å². The summed E-state index contributed by atoms with van der Waals surface area (Å²) in [5.74, 6) is -0.429. The largest absolute Gasteiger partial charge is 0.352 e. The number of aromatic nitrogens is 2. The van der Waals surface area contributed by atoms with E-state index in [0.29, 0.717) is 19.6 Å². The van der Waals surface area contributed by atoms with Gasteiger partial charge in [-0.2, -0.15) is 5.10 Å². The molecule has 1 aliphatic rings. The van der Waals surface area contributed by atoms with Crippen molar-refractivity contribution in [3.8, 4) is 0 Å². The minimum atomic E-state index is -0.339. The van der Waals surface area contributed by atoms with E-state index in [9.17, 15) is 9.59 Å². The molecule has 0 aliphatic carbocycles. The second kappa shape index (κ2) is 9.17. The van der Waals surface area contributed by atoms with Crippen LogP contribution >= 0.6 is 11.8 Å². The van der Waals surface area contributed by atoms with Crippen molar-refractivity contribution in [1.82, 2.24) is 15.1 Å². The number of hydrogen-bond donors (Lipinski definition) is 1. The third-order valence-corrected chi connectivity index (χ3v) is 6.05. The molecule has 1 fully saturated rings. The lowest BCUT2D eigenvalue weighted by molar-refractivity contribution is -0.126. The average Bonchev–Trinajstić information content (AvgIpc) is 3.42. The second-order valence-corrected chi connectivity index (χ2v) is 8.18. The Hall–Kier alpha value is -3.06. The van der Waals surface area contributed by atoms with E-state index in [1.54, 1.807) is 22.9 Å². The molecule has 0 radical (unpaired) electrons. The Balaban J connectivity index is 1.39. The summed E-state index contributed by atoms with van der Waals surface area (Å²) in [7, 11) is 0. The Labute approximate surface area is 180 Å². The molecule has 1 N–H and O–H groups in total. The molecule has 1 atom stereocenters. The smallest absolute Gasteiger partial charge is 0.227 e. The van der Waals surface area contributed by atoms with Gasteiger partial charge in [-0.1, -0.05) is 30.3 Å². The molecule has 1 aliphatic heterocycles. The van der Waals surface area contributed by atoms with Gasteiger partial charge < -0.3 is 10.2 Å². The van der Waals surface area contributed by atoms with E-state index in [1.165, 1.54) is 0 Å². The number of carbonyl (C=O) groups excluding carboxylic acids is 2. The fourth-order valence-electron chi connectivity index (χ4n) is 3.69. The highest BCUT2D eigenvalue weighted by Crippen LogP contribution is 2.28. The molecule has 0 saturated carbocycles. The summed E-state index contributed by atoms with van der Waals surface area (Å²) < 4.78 is 1.86. The van der Waals surface area contributed by atoms with E-state index in [0.717, 1.165) is 21.7 Å². The number of anilines is 1. The summed E-state index contributed by atoms with van der Waals surface area (Å²) in [4.78, 5) is 28.1. The molecular formula is C23H24N4O2S. The Morgan fingerprint density at radius 1 is 1.17 bits per heavy atom. The van der Waals surface area contributed by atoms with Crippen molar-refractivity contribution >= 4 is 29.3 Å². The van der Waals surface area contributed by atoms with Crippen LogP contribution in [-0.2, 0) is 22.7 Å². The molecule has 0 spiro atoms. The maximum absolute atomic E-state index is 12.8. The number of amides is 2. The zero-order valence-electron chi connectivity index (χ0n) is 16.8. The van der Waals surface area contributed by atoms with Crippen LogP contribution in [0.5, 0.6) is 0 Å². The fourth-order valence-corrected chi connectivity index (χ4v) is 4.14. The van der Waals surface area contributed by atoms with Crippen LogP contribution in [0.4, 0.5) is 5.69 Å². The predicted molar refractivity (Wildman–Crippen MR) is 118 cm³/mol. The van der Waals surface area contributed by atoms with E-state index in [-0.39, 0.29) is 24.2 Å². The molecule has 4 rings (SSSR count). The zero-order chi connectivity index (χ0) is 20.9. The van der Waals surface area contributed by atoms with E-state index in [4.69, 9.17) is 0 Å². The number of benzene rings is 2. The van der Waals surface area contributed by atoms with E-state index in [1.807, 2.05) is 71.7 Å². The topological polar surface area (TPSA) is 67.2 Å². The monoisotopic (exact) mass is 420 g/mol. The number of rotatable bonds is 7. The molecule has 154 valence electrons. The van der Waals surface area contributed by atoms with Crippen molar-refractivity contribution in [2.24, 2.45) is 5.92 Å². The van der Waals surface area contributed by atoms with Gasteiger partial charge in [0.1, 0.15) is 0 Å². The lowest BCUT2D eigenvalue weighted by atomic mass is 10.1. The Kier molecular flexibility index (Phi) is 6.18. The van der Waals surface area contributed by atoms with Gasteiger partial charge in [-0.3, -0.25) is 14.3 Å². The summed E-state index contributed by atoms with van der Waals surface area (Å²) >= 11 is 1.63. The average molecular weight is 421 g/mol. The summed E-state index contributed by atoms with van der Waals surface area (Å²) in [5, 5.41) is 7.28. The minimum Gasteiger partial charge on any atom is -0.352 e. The van der Waals surface area contributed by atoms with Crippen molar-refractivity contribution in [3.05, 3.63) is 78.1 Å². The second-order valence-electron chi connectivity index (χ2n) is 7.30. The summed E-state index contributed by atoms with van der Waals surface area (Å²) in [5.41, 5.74) is 3.02. The molecule has 3 aromatic rings. The Bertz CT molecular complexity index is 1040. The van der Waals surface area contributed by atoms with Crippen LogP contribution in [-0.4, -0.2) is 34.4 Å². The van der Waals surface area contributed by atoms with Crippen molar-refractivity contribution in [3.63, 3.8) is 0 Å². The van der Waals surface area contributed by atoms with Crippen LogP contribution < -0.4 is 10.2 Å². The van der Waals surface area contributed by atoms with Gasteiger partial charge in [0.2, 0.25) is 11.8 Å². The van der Waals surface area contributed by atoms with Crippen molar-refractivity contribution in [2.75, 3.05) is 17.7 Å². The van der Waals surface area contributed by atoms with Gasteiger partial charge in [-0.25, -0.2) is 0 Å². The first-order valence-corrected chi connectivity index (χ1v) is 11.1. The summed E-state index contributed by atoms with van der Waals surface area (Å²) in [6.07, 6.45) is 5.91. The molecule has 7 heteroatoms. The molecule has 1 saturated heterocycles.